The first kappa shape index (κ1) is 11.8. The highest BCUT2D eigenvalue weighted by Crippen LogP contribution is 2.13. The molecule has 2 heterocycles. The number of nitrogens with zero attached hydrogens (tertiary/aromatic N) is 3. The molecule has 0 bridgehead atoms. The van der Waals surface area contributed by atoms with Crippen molar-refractivity contribution in [3.63, 3.8) is 0 Å². The van der Waals surface area contributed by atoms with E-state index in [9.17, 15) is 0 Å². The van der Waals surface area contributed by atoms with E-state index in [0.717, 1.165) is 23.5 Å². The molecule has 0 saturated heterocycles. The normalized spacial score (nSPS) is 14.3. The van der Waals surface area contributed by atoms with Gasteiger partial charge in [0.05, 0.1) is 0 Å². The SMILES string of the molecule is CCN1B(c2ccccc2)ON=C1c1ccccn1. The highest BCUT2D eigenvalue weighted by Gasteiger charge is 2.37. The summed E-state index contributed by atoms with van der Waals surface area (Å²) >= 11 is 0. The lowest BCUT2D eigenvalue weighted by Gasteiger charge is -2.20. The van der Waals surface area contributed by atoms with Crippen LogP contribution in [0.2, 0.25) is 0 Å². The van der Waals surface area contributed by atoms with Gasteiger partial charge in [-0.3, -0.25) is 4.98 Å². The van der Waals surface area contributed by atoms with Crippen molar-refractivity contribution in [1.82, 2.24) is 9.79 Å². The van der Waals surface area contributed by atoms with Crippen molar-refractivity contribution in [2.24, 2.45) is 5.16 Å². The van der Waals surface area contributed by atoms with E-state index >= 15 is 0 Å². The molecule has 2 aromatic rings. The first-order chi connectivity index (χ1) is 9.40. The number of hydrogen-bond donors (Lipinski definition) is 0. The van der Waals surface area contributed by atoms with Crippen LogP contribution in [0.4, 0.5) is 0 Å². The molecule has 19 heavy (non-hydrogen) atoms. The van der Waals surface area contributed by atoms with Crippen LogP contribution >= 0.6 is 0 Å². The van der Waals surface area contributed by atoms with Gasteiger partial charge in [0.1, 0.15) is 5.69 Å². The van der Waals surface area contributed by atoms with Crippen molar-refractivity contribution in [3.05, 3.63) is 60.4 Å². The molecule has 0 saturated carbocycles. The molecule has 94 valence electrons. The molecule has 0 unspecified atom stereocenters. The van der Waals surface area contributed by atoms with E-state index in [4.69, 9.17) is 4.76 Å². The van der Waals surface area contributed by atoms with Crippen LogP contribution < -0.4 is 5.46 Å². The van der Waals surface area contributed by atoms with Gasteiger partial charge in [0.15, 0.2) is 5.84 Å². The second kappa shape index (κ2) is 5.14. The molecule has 1 aliphatic heterocycles. The van der Waals surface area contributed by atoms with Crippen molar-refractivity contribution in [2.45, 2.75) is 6.92 Å². The molecule has 0 atom stereocenters. The standard InChI is InChI=1S/C14H14BN3O/c1-2-18-14(13-10-6-7-11-16-13)17-19-15(18)12-8-4-3-5-9-12/h3-11H,2H2,1H3. The first-order valence-corrected chi connectivity index (χ1v) is 6.37. The molecule has 4 nitrogen and oxygen atoms in total. The number of benzene rings is 1. The quantitative estimate of drug-likeness (QED) is 0.775. The second-order valence-corrected chi connectivity index (χ2v) is 4.28. The molecule has 5 heteroatoms. The number of aromatic nitrogens is 1. The van der Waals surface area contributed by atoms with Crippen LogP contribution in [0, 0.1) is 0 Å². The number of pyridine rings is 1. The molecule has 3 rings (SSSR count). The molecule has 1 aliphatic rings. The lowest BCUT2D eigenvalue weighted by Crippen LogP contribution is -2.48. The molecule has 1 aromatic carbocycles. The fraction of sp³-hybridized carbons (Fsp3) is 0.143. The van der Waals surface area contributed by atoms with E-state index in [1.54, 1.807) is 6.20 Å². The van der Waals surface area contributed by atoms with Gasteiger partial charge in [-0.1, -0.05) is 41.6 Å². The van der Waals surface area contributed by atoms with Crippen LogP contribution in [0.5, 0.6) is 0 Å². The summed E-state index contributed by atoms with van der Waals surface area (Å²) in [6.07, 6.45) is 1.77. The van der Waals surface area contributed by atoms with Crippen molar-refractivity contribution in [1.29, 1.82) is 0 Å². The number of oxime groups is 1. The van der Waals surface area contributed by atoms with Crippen LogP contribution in [0.3, 0.4) is 0 Å². The Balaban J connectivity index is 1.90. The number of amidine groups is 1. The summed E-state index contributed by atoms with van der Waals surface area (Å²) in [5.41, 5.74) is 1.93. The van der Waals surface area contributed by atoms with Gasteiger partial charge in [-0.15, -0.1) is 0 Å². The molecule has 0 aliphatic carbocycles. The van der Waals surface area contributed by atoms with Crippen LogP contribution in [-0.2, 0) is 4.76 Å². The van der Waals surface area contributed by atoms with Crippen molar-refractivity contribution < 1.29 is 4.76 Å². The minimum absolute atomic E-state index is 0.164. The van der Waals surface area contributed by atoms with Gasteiger partial charge in [0, 0.05) is 12.7 Å². The highest BCUT2D eigenvalue weighted by atomic mass is 16.6. The van der Waals surface area contributed by atoms with Crippen LogP contribution in [0.1, 0.15) is 12.6 Å². The van der Waals surface area contributed by atoms with Crippen molar-refractivity contribution in [3.8, 4) is 0 Å². The van der Waals surface area contributed by atoms with Gasteiger partial charge in [-0.05, 0) is 24.5 Å². The maximum atomic E-state index is 5.58. The van der Waals surface area contributed by atoms with E-state index in [0.29, 0.717) is 0 Å². The van der Waals surface area contributed by atoms with E-state index in [-0.39, 0.29) is 7.05 Å². The van der Waals surface area contributed by atoms with Gasteiger partial charge in [0.2, 0.25) is 0 Å². The Bertz CT molecular complexity index is 574. The minimum atomic E-state index is -0.164. The van der Waals surface area contributed by atoms with Gasteiger partial charge >= 0.3 is 7.05 Å². The highest BCUT2D eigenvalue weighted by molar-refractivity contribution is 6.68. The summed E-state index contributed by atoms with van der Waals surface area (Å²) in [4.78, 5) is 6.44. The zero-order chi connectivity index (χ0) is 13.1. The third kappa shape index (κ3) is 2.19. The smallest absolute Gasteiger partial charge is 0.433 e. The van der Waals surface area contributed by atoms with Gasteiger partial charge < -0.3 is 9.57 Å². The summed E-state index contributed by atoms with van der Waals surface area (Å²) in [6.45, 7) is 2.90. The second-order valence-electron chi connectivity index (χ2n) is 4.28. The Labute approximate surface area is 112 Å². The molecule has 0 radical (unpaired) electrons. The summed E-state index contributed by atoms with van der Waals surface area (Å²) in [7, 11) is -0.164. The van der Waals surface area contributed by atoms with E-state index in [1.165, 1.54) is 0 Å². The van der Waals surface area contributed by atoms with Gasteiger partial charge in [-0.2, -0.15) is 0 Å². The third-order valence-corrected chi connectivity index (χ3v) is 3.11. The van der Waals surface area contributed by atoms with Crippen LogP contribution in [-0.4, -0.2) is 29.2 Å². The summed E-state index contributed by atoms with van der Waals surface area (Å²) in [5, 5.41) is 4.20. The molecular weight excluding hydrogens is 237 g/mol. The summed E-state index contributed by atoms with van der Waals surface area (Å²) in [5.74, 6) is 0.789. The van der Waals surface area contributed by atoms with Crippen LogP contribution in [0.25, 0.3) is 0 Å². The fourth-order valence-corrected chi connectivity index (χ4v) is 2.18. The summed E-state index contributed by atoms with van der Waals surface area (Å²) < 4.78 is 5.58. The molecule has 1 aromatic heterocycles. The number of hydrogen-bond acceptors (Lipinski definition) is 4. The lowest BCUT2D eigenvalue weighted by molar-refractivity contribution is 0.354. The first-order valence-electron chi connectivity index (χ1n) is 6.37. The van der Waals surface area contributed by atoms with Gasteiger partial charge in [-0.25, -0.2) is 0 Å². The topological polar surface area (TPSA) is 37.7 Å². The molecule has 0 spiro atoms. The minimum Gasteiger partial charge on any atom is -0.433 e. The Morgan fingerprint density at radius 1 is 1.11 bits per heavy atom. The molecule has 0 N–H and O–H groups in total. The Morgan fingerprint density at radius 3 is 2.58 bits per heavy atom. The van der Waals surface area contributed by atoms with Crippen molar-refractivity contribution >= 4 is 18.3 Å². The maximum Gasteiger partial charge on any atom is 0.546 e. The zero-order valence-electron chi connectivity index (χ0n) is 10.7. The van der Waals surface area contributed by atoms with E-state index in [1.807, 2.05) is 48.5 Å². The zero-order valence-corrected chi connectivity index (χ0v) is 10.7. The Hall–Kier alpha value is -2.30. The van der Waals surface area contributed by atoms with Gasteiger partial charge in [0.25, 0.3) is 0 Å². The molecular formula is C14H14BN3O. The molecule has 0 amide bonds. The third-order valence-electron chi connectivity index (χ3n) is 3.11. The van der Waals surface area contributed by atoms with Crippen LogP contribution in [0.15, 0.2) is 59.9 Å². The number of rotatable bonds is 3. The van der Waals surface area contributed by atoms with Crippen molar-refractivity contribution in [2.75, 3.05) is 6.54 Å². The lowest BCUT2D eigenvalue weighted by atomic mass is 9.71. The average molecular weight is 251 g/mol. The maximum absolute atomic E-state index is 5.58. The monoisotopic (exact) mass is 251 g/mol. The largest absolute Gasteiger partial charge is 0.546 e. The molecule has 0 fully saturated rings. The Kier molecular flexibility index (Phi) is 3.19. The summed E-state index contributed by atoms with van der Waals surface area (Å²) in [6, 6.07) is 15.9. The average Bonchev–Trinajstić information content (AvgIpc) is 2.93. The predicted octanol–water partition coefficient (Wildman–Crippen LogP) is 1.49. The fourth-order valence-electron chi connectivity index (χ4n) is 2.18. The Morgan fingerprint density at radius 2 is 1.89 bits per heavy atom. The predicted molar refractivity (Wildman–Crippen MR) is 76.1 cm³/mol. The van der Waals surface area contributed by atoms with E-state index in [2.05, 4.69) is 21.9 Å². The van der Waals surface area contributed by atoms with E-state index < -0.39 is 0 Å².